The molecule has 2 aromatic carbocycles. The molecule has 132 valence electrons. The minimum atomic E-state index is -0.299. The Morgan fingerprint density at radius 1 is 0.960 bits per heavy atom. The van der Waals surface area contributed by atoms with Gasteiger partial charge in [0.05, 0.1) is 13.0 Å². The van der Waals surface area contributed by atoms with Crippen LogP contribution in [-0.4, -0.2) is 18.4 Å². The number of nitrogens with zero attached hydrogens (tertiary/aromatic N) is 1. The first-order chi connectivity index (χ1) is 12.0. The van der Waals surface area contributed by atoms with Crippen molar-refractivity contribution in [3.8, 4) is 0 Å². The third-order valence-electron chi connectivity index (χ3n) is 3.84. The lowest BCUT2D eigenvalue weighted by Gasteiger charge is -2.23. The summed E-state index contributed by atoms with van der Waals surface area (Å²) in [6.45, 7) is 4.67. The Labute approximate surface area is 147 Å². The number of hydrogen-bond acceptors (Lipinski definition) is 2. The molecule has 0 aliphatic heterocycles. The van der Waals surface area contributed by atoms with Crippen LogP contribution >= 0.6 is 0 Å². The molecule has 0 aromatic heterocycles. The molecule has 0 atom stereocenters. The number of carbonyl (C=O) groups excluding carboxylic acids is 2. The molecular formula is C20H23FN2O2. The fourth-order valence-corrected chi connectivity index (χ4v) is 2.53. The Morgan fingerprint density at radius 3 is 2.12 bits per heavy atom. The molecule has 1 N–H and O–H groups in total. The van der Waals surface area contributed by atoms with Crippen molar-refractivity contribution in [1.29, 1.82) is 0 Å². The third-order valence-corrected chi connectivity index (χ3v) is 3.84. The van der Waals surface area contributed by atoms with Crippen molar-refractivity contribution in [2.24, 2.45) is 0 Å². The normalized spacial score (nSPS) is 10.4. The zero-order valence-corrected chi connectivity index (χ0v) is 14.6. The molecule has 0 bridgehead atoms. The summed E-state index contributed by atoms with van der Waals surface area (Å²) < 4.78 is 13.1. The van der Waals surface area contributed by atoms with Gasteiger partial charge in [-0.2, -0.15) is 0 Å². The molecule has 0 fully saturated rings. The van der Waals surface area contributed by atoms with E-state index in [1.54, 1.807) is 17.0 Å². The maximum Gasteiger partial charge on any atom is 0.227 e. The Hall–Kier alpha value is -2.69. The monoisotopic (exact) mass is 342 g/mol. The molecule has 5 heteroatoms. The molecule has 0 saturated heterocycles. The lowest BCUT2D eigenvalue weighted by molar-refractivity contribution is -0.120. The van der Waals surface area contributed by atoms with Crippen LogP contribution in [0.2, 0.25) is 0 Å². The number of nitrogens with one attached hydrogen (secondary N) is 1. The van der Waals surface area contributed by atoms with Crippen LogP contribution in [0.4, 0.5) is 10.1 Å². The van der Waals surface area contributed by atoms with Gasteiger partial charge in [0.2, 0.25) is 11.8 Å². The van der Waals surface area contributed by atoms with Crippen LogP contribution in [0.15, 0.2) is 48.5 Å². The topological polar surface area (TPSA) is 49.4 Å². The van der Waals surface area contributed by atoms with Gasteiger partial charge in [-0.25, -0.2) is 4.39 Å². The van der Waals surface area contributed by atoms with Gasteiger partial charge in [0.15, 0.2) is 0 Å². The highest BCUT2D eigenvalue weighted by atomic mass is 19.1. The zero-order valence-electron chi connectivity index (χ0n) is 14.6. The van der Waals surface area contributed by atoms with E-state index in [4.69, 9.17) is 0 Å². The van der Waals surface area contributed by atoms with Crippen LogP contribution in [0, 0.1) is 5.82 Å². The number of hydrogen-bond donors (Lipinski definition) is 1. The Balaban J connectivity index is 2.15. The standard InChI is InChI=1S/C20H23FN2O2/c1-3-20(25)23(14-16-5-9-17(21)10-6-16)18-11-7-15(8-12-18)13-19(24)22-4-2/h5-12H,3-4,13-14H2,1-2H3,(H,22,24). The number of halogens is 1. The molecule has 2 amide bonds. The summed E-state index contributed by atoms with van der Waals surface area (Å²) >= 11 is 0. The van der Waals surface area contributed by atoms with E-state index in [9.17, 15) is 14.0 Å². The Morgan fingerprint density at radius 2 is 1.56 bits per heavy atom. The zero-order chi connectivity index (χ0) is 18.2. The summed E-state index contributed by atoms with van der Waals surface area (Å²) in [5.41, 5.74) is 2.51. The average molecular weight is 342 g/mol. The molecule has 4 nitrogen and oxygen atoms in total. The second-order valence-electron chi connectivity index (χ2n) is 5.76. The summed E-state index contributed by atoms with van der Waals surface area (Å²) in [6.07, 6.45) is 0.690. The fourth-order valence-electron chi connectivity index (χ4n) is 2.53. The highest BCUT2D eigenvalue weighted by Gasteiger charge is 2.15. The maximum atomic E-state index is 13.1. The van der Waals surface area contributed by atoms with Gasteiger partial charge in [-0.3, -0.25) is 9.59 Å². The van der Waals surface area contributed by atoms with Crippen LogP contribution < -0.4 is 10.2 Å². The van der Waals surface area contributed by atoms with Crippen molar-refractivity contribution in [1.82, 2.24) is 5.32 Å². The maximum absolute atomic E-state index is 13.1. The van der Waals surface area contributed by atoms with Crippen LogP contribution in [0.1, 0.15) is 31.4 Å². The minimum absolute atomic E-state index is 0.0131. The first-order valence-electron chi connectivity index (χ1n) is 8.44. The number of rotatable bonds is 7. The fraction of sp³-hybridized carbons (Fsp3) is 0.300. The highest BCUT2D eigenvalue weighted by Crippen LogP contribution is 2.20. The van der Waals surface area contributed by atoms with E-state index < -0.39 is 0 Å². The number of benzene rings is 2. The Bertz CT molecular complexity index is 711. The van der Waals surface area contributed by atoms with Crippen LogP contribution in [0.25, 0.3) is 0 Å². The lowest BCUT2D eigenvalue weighted by atomic mass is 10.1. The summed E-state index contributed by atoms with van der Waals surface area (Å²) in [5.74, 6) is -0.337. The van der Waals surface area contributed by atoms with Gasteiger partial charge in [0, 0.05) is 18.7 Å². The molecule has 0 spiro atoms. The number of anilines is 1. The van der Waals surface area contributed by atoms with Crippen LogP contribution in [0.3, 0.4) is 0 Å². The second-order valence-corrected chi connectivity index (χ2v) is 5.76. The van der Waals surface area contributed by atoms with Gasteiger partial charge in [-0.1, -0.05) is 31.2 Å². The third kappa shape index (κ3) is 5.41. The first kappa shape index (κ1) is 18.6. The lowest BCUT2D eigenvalue weighted by Crippen LogP contribution is -2.29. The van der Waals surface area contributed by atoms with Gasteiger partial charge in [-0.15, -0.1) is 0 Å². The summed E-state index contributed by atoms with van der Waals surface area (Å²) in [4.78, 5) is 25.6. The molecule has 0 aliphatic rings. The van der Waals surface area contributed by atoms with Crippen molar-refractivity contribution in [3.63, 3.8) is 0 Å². The SMILES string of the molecule is CCNC(=O)Cc1ccc(N(Cc2ccc(F)cc2)C(=O)CC)cc1. The van der Waals surface area contributed by atoms with Crippen molar-refractivity contribution in [2.45, 2.75) is 33.2 Å². The van der Waals surface area contributed by atoms with E-state index in [1.807, 2.05) is 38.1 Å². The minimum Gasteiger partial charge on any atom is -0.356 e. The molecule has 2 rings (SSSR count). The van der Waals surface area contributed by atoms with Gasteiger partial charge in [0.1, 0.15) is 5.82 Å². The summed E-state index contributed by atoms with van der Waals surface area (Å²) in [6, 6.07) is 13.5. The molecule has 0 radical (unpaired) electrons. The van der Waals surface area contributed by atoms with E-state index in [2.05, 4.69) is 5.32 Å². The van der Waals surface area contributed by atoms with Crippen molar-refractivity contribution in [3.05, 3.63) is 65.5 Å². The number of carbonyl (C=O) groups is 2. The van der Waals surface area contributed by atoms with E-state index >= 15 is 0 Å². The summed E-state index contributed by atoms with van der Waals surface area (Å²) in [5, 5.41) is 2.76. The number of likely N-dealkylation sites (N-methyl/N-ethyl adjacent to an activating group) is 1. The first-order valence-corrected chi connectivity index (χ1v) is 8.44. The average Bonchev–Trinajstić information content (AvgIpc) is 2.61. The van der Waals surface area contributed by atoms with Crippen LogP contribution in [-0.2, 0) is 22.6 Å². The van der Waals surface area contributed by atoms with Gasteiger partial charge in [-0.05, 0) is 42.3 Å². The largest absolute Gasteiger partial charge is 0.356 e. The van der Waals surface area contributed by atoms with E-state index in [0.717, 1.165) is 16.8 Å². The predicted molar refractivity (Wildman–Crippen MR) is 96.7 cm³/mol. The molecule has 0 saturated carbocycles. The predicted octanol–water partition coefficient (Wildman–Crippen LogP) is 3.45. The summed E-state index contributed by atoms with van der Waals surface area (Å²) in [7, 11) is 0. The molecular weight excluding hydrogens is 319 g/mol. The Kier molecular flexibility index (Phi) is 6.69. The molecule has 0 aliphatic carbocycles. The van der Waals surface area contributed by atoms with Gasteiger partial charge < -0.3 is 10.2 Å². The second kappa shape index (κ2) is 8.97. The van der Waals surface area contributed by atoms with E-state index in [0.29, 0.717) is 25.9 Å². The van der Waals surface area contributed by atoms with E-state index in [1.165, 1.54) is 12.1 Å². The number of amides is 2. The van der Waals surface area contributed by atoms with Crippen molar-refractivity contribution in [2.75, 3.05) is 11.4 Å². The molecule has 0 unspecified atom stereocenters. The molecule has 25 heavy (non-hydrogen) atoms. The van der Waals surface area contributed by atoms with Crippen molar-refractivity contribution >= 4 is 17.5 Å². The van der Waals surface area contributed by atoms with Gasteiger partial charge >= 0.3 is 0 Å². The van der Waals surface area contributed by atoms with E-state index in [-0.39, 0.29) is 17.6 Å². The van der Waals surface area contributed by atoms with Gasteiger partial charge in [0.25, 0.3) is 0 Å². The smallest absolute Gasteiger partial charge is 0.227 e. The molecule has 0 heterocycles. The van der Waals surface area contributed by atoms with Crippen molar-refractivity contribution < 1.29 is 14.0 Å². The van der Waals surface area contributed by atoms with Crippen LogP contribution in [0.5, 0.6) is 0 Å². The molecule has 2 aromatic rings. The quantitative estimate of drug-likeness (QED) is 0.838. The highest BCUT2D eigenvalue weighted by molar-refractivity contribution is 5.93.